The molecule has 3 amide bonds. The smallest absolute Gasteiger partial charge is 0.419 e. The van der Waals surface area contributed by atoms with E-state index in [1.165, 1.54) is 68.3 Å². The predicted octanol–water partition coefficient (Wildman–Crippen LogP) is 25.1. The van der Waals surface area contributed by atoms with Crippen LogP contribution in [-0.2, 0) is 27.8 Å². The van der Waals surface area contributed by atoms with Gasteiger partial charge >= 0.3 is 12.2 Å². The molecule has 9 rings (SSSR count). The van der Waals surface area contributed by atoms with E-state index in [0.29, 0.717) is 44.1 Å². The van der Waals surface area contributed by atoms with Gasteiger partial charge in [0.25, 0.3) is 15.4 Å². The van der Waals surface area contributed by atoms with E-state index in [9.17, 15) is 29.3 Å². The number of carbonyl (C=O) groups excluding carboxylic acids is 4. The molecule has 1 heterocycles. The molecule has 0 saturated carbocycles. The molecule has 1 aromatic heterocycles. The summed E-state index contributed by atoms with van der Waals surface area (Å²) in [6.45, 7) is 3.49. The highest BCUT2D eigenvalue weighted by Gasteiger charge is 2.42. The summed E-state index contributed by atoms with van der Waals surface area (Å²) in [6.07, 6.45) is 4.26. The number of amides is 3. The number of alkyl halides is 19. The maximum Gasteiger partial charge on any atom is 0.419 e. The second-order valence-electron chi connectivity index (χ2n) is 20.9. The molecule has 0 unspecified atom stereocenters. The number of nitro benzene ring substituents is 1. The van der Waals surface area contributed by atoms with Crippen molar-refractivity contribution >= 4 is 279 Å². The van der Waals surface area contributed by atoms with Gasteiger partial charge in [0.1, 0.15) is 23.9 Å². The van der Waals surface area contributed by atoms with Gasteiger partial charge in [0, 0.05) is 26.9 Å². The molecular weight excluding hydrogens is 1840 g/mol. The van der Waals surface area contributed by atoms with Crippen LogP contribution in [0, 0.1) is 22.5 Å². The van der Waals surface area contributed by atoms with Crippen molar-refractivity contribution in [1.29, 1.82) is 0 Å². The number of nitrogens with zero attached hydrogens (tertiary/aromatic N) is 4. The number of hydrogen-bond donors (Lipinski definition) is 3. The van der Waals surface area contributed by atoms with E-state index in [0.717, 1.165) is 11.1 Å². The Bertz CT molecular complexity index is 4130. The Kier molecular flexibility index (Phi) is 41.0. The fourth-order valence-corrected chi connectivity index (χ4v) is 9.96. The Labute approximate surface area is 720 Å². The number of imide groups is 1. The van der Waals surface area contributed by atoms with Crippen LogP contribution >= 0.6 is 244 Å². The first-order chi connectivity index (χ1) is 49.6. The van der Waals surface area contributed by atoms with Crippen molar-refractivity contribution in [1.82, 2.24) is 20.3 Å². The zero-order valence-electron chi connectivity index (χ0n) is 55.1. The molecule has 7 aromatic carbocycles. The number of aryl methyl sites for hydroxylation is 1. The quantitative estimate of drug-likeness (QED) is 0.0472. The van der Waals surface area contributed by atoms with Gasteiger partial charge in [-0.05, 0) is 128 Å². The summed E-state index contributed by atoms with van der Waals surface area (Å²) in [6, 6.07) is 48.5. The summed E-state index contributed by atoms with van der Waals surface area (Å²) < 4.78 is 13.9. The fraction of sp³-hybridized carbons (Fsp3) is 0.221. The maximum atomic E-state index is 11.2. The van der Waals surface area contributed by atoms with Crippen molar-refractivity contribution in [2.45, 2.75) is 48.4 Å². The molecule has 8 aromatic rings. The van der Waals surface area contributed by atoms with E-state index >= 15 is 0 Å². The number of phenols is 1. The van der Waals surface area contributed by atoms with Crippen LogP contribution in [-0.4, -0.2) is 92.0 Å². The molecule has 0 aliphatic heterocycles. The summed E-state index contributed by atoms with van der Waals surface area (Å²) in [5.41, 5.74) is 3.82. The number of para-hydroxylation sites is 1. The molecule has 0 radical (unpaired) electrons. The minimum absolute atomic E-state index is 0.0522. The largest absolute Gasteiger partial charge is 0.508 e. The lowest BCUT2D eigenvalue weighted by molar-refractivity contribution is -0.385. The van der Waals surface area contributed by atoms with E-state index in [4.69, 9.17) is 268 Å². The summed E-state index contributed by atoms with van der Waals surface area (Å²) in [4.78, 5) is 66.5. The molecule has 0 atom stereocenters. The molecule has 1 aliphatic rings. The number of ketones is 1. The molecule has 3 N–H and O–H groups in total. The molecule has 39 heteroatoms. The average molecular weight is 1890 g/mol. The number of phenolic OH excluding ortho intramolecular Hbond substituents is 1. The van der Waals surface area contributed by atoms with Crippen LogP contribution in [0.4, 0.5) is 21.0 Å². The number of rotatable bonds is 11. The average Bonchev–Trinajstić information content (AvgIpc) is 0.803. The molecule has 107 heavy (non-hydrogen) atoms. The number of methoxy groups -OCH3 is 3. The van der Waals surface area contributed by atoms with Crippen LogP contribution in [0.5, 0.6) is 28.7 Å². The van der Waals surface area contributed by atoms with Gasteiger partial charge in [-0.15, -0.1) is 11.6 Å². The van der Waals surface area contributed by atoms with E-state index in [-0.39, 0.29) is 58.8 Å². The van der Waals surface area contributed by atoms with Crippen LogP contribution in [0.1, 0.15) is 46.7 Å². The van der Waals surface area contributed by atoms with Crippen molar-refractivity contribution in [3.63, 3.8) is 0 Å². The Morgan fingerprint density at radius 3 is 1.42 bits per heavy atom. The van der Waals surface area contributed by atoms with Crippen molar-refractivity contribution in [2.75, 3.05) is 33.3 Å². The third-order valence-electron chi connectivity index (χ3n) is 12.8. The zero-order chi connectivity index (χ0) is 80.9. The highest BCUT2D eigenvalue weighted by molar-refractivity contribution is 6.76. The topological polar surface area (TPSA) is 241 Å². The molecule has 576 valence electrons. The van der Waals surface area contributed by atoms with Crippen LogP contribution in [0.2, 0.25) is 10.0 Å². The van der Waals surface area contributed by atoms with Crippen LogP contribution in [0.3, 0.4) is 0 Å². The van der Waals surface area contributed by atoms with E-state index in [1.807, 2.05) is 42.5 Å². The summed E-state index contributed by atoms with van der Waals surface area (Å²) in [5.74, 6) is 0.235. The minimum atomic E-state index is -2.20. The number of benzene rings is 7. The van der Waals surface area contributed by atoms with Gasteiger partial charge in [0.2, 0.25) is 19.0 Å². The summed E-state index contributed by atoms with van der Waals surface area (Å²) >= 11 is 120. The Morgan fingerprint density at radius 2 is 1.05 bits per heavy atom. The number of aromatic hydroxyl groups is 1. The number of ether oxygens (including phenoxy) is 5. The van der Waals surface area contributed by atoms with Gasteiger partial charge in [-0.2, -0.15) is 0 Å². The first-order valence-corrected chi connectivity index (χ1v) is 37.3. The SMILES string of the molecule is CC1(C(Cl)(Cl)Cl)C=CC(=O)C=C1.COc1cc(CCl)c([N+](=O)[O-])cc1OC.COc1ccc(-c2nc(C(Cl)(Cl)Cl)nc(C(Cl)(Cl)Cl)n2)cc1.Cc1ccccc1.Clc1ccc(C(c2ccc(Cl)cc2)C(Cl)(Cl)Cl)cc1.O=C(NC(=O)C(Cl)(Cl)Cl)Oc1ccccc1.O=C(Nc1ccc(O)cc1)OCC(Cl)(Cl)Cl. The predicted molar refractivity (Wildman–Crippen MR) is 438 cm³/mol. The number of hydrogen-bond acceptors (Lipinski definition) is 15. The van der Waals surface area contributed by atoms with Crippen molar-refractivity contribution < 1.29 is 52.9 Å². The van der Waals surface area contributed by atoms with E-state index in [2.05, 4.69) is 44.1 Å². The third-order valence-corrected chi connectivity index (χ3v) is 17.3. The lowest BCUT2D eigenvalue weighted by Gasteiger charge is -2.31. The lowest BCUT2D eigenvalue weighted by Crippen LogP contribution is -2.40. The highest BCUT2D eigenvalue weighted by atomic mass is 35.6. The van der Waals surface area contributed by atoms with Crippen LogP contribution in [0.15, 0.2) is 194 Å². The van der Waals surface area contributed by atoms with Gasteiger partial charge < -0.3 is 28.8 Å². The van der Waals surface area contributed by atoms with Crippen molar-refractivity contribution in [3.05, 3.63) is 248 Å². The molecule has 0 spiro atoms. The second kappa shape index (κ2) is 45.3. The first-order valence-electron chi connectivity index (χ1n) is 29.2. The molecule has 0 bridgehead atoms. The minimum Gasteiger partial charge on any atom is -0.508 e. The number of nitro groups is 1. The zero-order valence-corrected chi connectivity index (χ0v) is 71.0. The number of halogens is 21. The van der Waals surface area contributed by atoms with E-state index < -0.39 is 51.2 Å². The number of nitrogens with one attached hydrogen (secondary N) is 2. The maximum absolute atomic E-state index is 11.2. The standard InChI is InChI=1S/C14H9Cl5.C12H7Cl6N3O.C9H8Cl3NO3.C9H6Cl3NO3.C9H10ClNO4.C8H7Cl3O.C7H8/c15-11-5-1-9(2-6-11)13(14(17,18)19)10-3-7-12(16)8-4-10;1-22-7-4-2-6(3-5-7)8-19-9(11(13,14)15)21-10(20-8)12(16,17)18;10-9(11,12)5-16-8(15)13-6-1-3-7(14)4-2-6;10-9(11,12)7(14)13-8(15)16-6-4-2-1-3-5-6;1-14-8-3-6(5-10)7(11(12)13)4-9(8)15-2;1-7(8(9,10)11)4-2-6(12)3-5-7;1-7-5-3-2-4-6-7/h1-8,13H;2-5H,1H3;1-4,14H,5H2,(H,13,15);1-5H,(H,13,14,15);3-4H,5H2,1-2H3;2-5H,1H3;2-6H,1H3. The summed E-state index contributed by atoms with van der Waals surface area (Å²) in [5, 5.41) is 25.2. The molecule has 0 saturated heterocycles. The van der Waals surface area contributed by atoms with Crippen LogP contribution in [0.25, 0.3) is 11.4 Å². The molecule has 18 nitrogen and oxygen atoms in total. The number of aromatic nitrogens is 3. The first kappa shape index (κ1) is 96.8. The summed E-state index contributed by atoms with van der Waals surface area (Å²) in [7, 11) is 4.43. The van der Waals surface area contributed by atoms with E-state index in [1.54, 1.807) is 110 Å². The highest BCUT2D eigenvalue weighted by Crippen LogP contribution is 2.49. The van der Waals surface area contributed by atoms with Crippen LogP contribution < -0.4 is 29.6 Å². The normalized spacial score (nSPS) is 12.2. The van der Waals surface area contributed by atoms with Crippen molar-refractivity contribution in [3.8, 4) is 40.1 Å². The Balaban J connectivity index is 0.000000329. The van der Waals surface area contributed by atoms with Gasteiger partial charge in [0.15, 0.2) is 34.8 Å². The third kappa shape index (κ3) is 36.3. The van der Waals surface area contributed by atoms with Gasteiger partial charge in [-0.3, -0.25) is 30.3 Å². The van der Waals surface area contributed by atoms with Crippen molar-refractivity contribution in [2.24, 2.45) is 5.41 Å². The molecule has 0 fully saturated rings. The number of anilines is 1. The number of carbonyl (C=O) groups is 4. The van der Waals surface area contributed by atoms with Gasteiger partial charge in [0.05, 0.1) is 49.5 Å². The van der Waals surface area contributed by atoms with Gasteiger partial charge in [-0.25, -0.2) is 24.5 Å². The lowest BCUT2D eigenvalue weighted by atomic mass is 9.88. The second-order valence-corrected chi connectivity index (χ2v) is 36.0. The number of allylic oxidation sites excluding steroid dienone is 4. The Morgan fingerprint density at radius 1 is 0.589 bits per heavy atom. The Hall–Kier alpha value is -4.40. The molecular formula is C68H55Cl21N6O12. The monoisotopic (exact) mass is 1880 g/mol. The van der Waals surface area contributed by atoms with Gasteiger partial charge in [-0.1, -0.05) is 323 Å². The fourth-order valence-electron chi connectivity index (χ4n) is 7.54. The molecule has 1 aliphatic carbocycles.